The highest BCUT2D eigenvalue weighted by Crippen LogP contribution is 2.18. The molecule has 1 N–H and O–H groups in total. The number of halogens is 2. The van der Waals surface area contributed by atoms with Crippen LogP contribution < -0.4 is 5.32 Å². The van der Waals surface area contributed by atoms with Crippen molar-refractivity contribution >= 4 is 39.3 Å². The molecule has 2 aromatic rings. The third-order valence-corrected chi connectivity index (χ3v) is 2.51. The van der Waals surface area contributed by atoms with Gasteiger partial charge in [0, 0.05) is 0 Å². The lowest BCUT2D eigenvalue weighted by molar-refractivity contribution is 0.102. The number of furan rings is 1. The number of hydrogen-bond acceptors (Lipinski definition) is 4. The highest BCUT2D eigenvalue weighted by molar-refractivity contribution is 9.10. The van der Waals surface area contributed by atoms with E-state index in [-0.39, 0.29) is 16.9 Å². The lowest BCUT2D eigenvalue weighted by atomic mass is 10.3. The van der Waals surface area contributed by atoms with Crippen LogP contribution in [0.5, 0.6) is 0 Å². The zero-order chi connectivity index (χ0) is 11.5. The molecule has 0 aliphatic heterocycles. The average Bonchev–Trinajstić information content (AvgIpc) is 2.64. The smallest absolute Gasteiger partial charge is 0.261 e. The molecule has 7 heteroatoms. The molecule has 0 fully saturated rings. The van der Waals surface area contributed by atoms with Crippen LogP contribution in [0.25, 0.3) is 0 Å². The molecule has 2 rings (SSSR count). The quantitative estimate of drug-likeness (QED) is 0.926. The molecule has 82 valence electrons. The number of aromatic nitrogens is 2. The Morgan fingerprint density at radius 2 is 2.31 bits per heavy atom. The van der Waals surface area contributed by atoms with Crippen LogP contribution in [0.3, 0.4) is 0 Å². The van der Waals surface area contributed by atoms with E-state index in [4.69, 9.17) is 16.0 Å². The van der Waals surface area contributed by atoms with E-state index in [2.05, 4.69) is 31.2 Å². The number of rotatable bonds is 2. The van der Waals surface area contributed by atoms with E-state index < -0.39 is 0 Å². The van der Waals surface area contributed by atoms with Gasteiger partial charge in [-0.3, -0.25) is 9.78 Å². The number of amides is 1. The average molecular weight is 303 g/mol. The first kappa shape index (κ1) is 11.1. The maximum absolute atomic E-state index is 11.7. The Labute approximate surface area is 104 Å². The number of anilines is 1. The molecule has 0 aliphatic rings. The highest BCUT2D eigenvalue weighted by Gasteiger charge is 2.13. The molecule has 0 aliphatic carbocycles. The molecule has 0 unspecified atom stereocenters. The van der Waals surface area contributed by atoms with Crippen LogP contribution in [0.1, 0.15) is 10.4 Å². The summed E-state index contributed by atoms with van der Waals surface area (Å²) in [7, 11) is 0. The molecule has 2 heterocycles. The summed E-state index contributed by atoms with van der Waals surface area (Å²) in [6, 6.07) is 1.54. The Kier molecular flexibility index (Phi) is 3.21. The van der Waals surface area contributed by atoms with Gasteiger partial charge in [-0.15, -0.1) is 0 Å². The normalized spacial score (nSPS) is 10.1. The Bertz CT molecular complexity index is 529. The fourth-order valence-corrected chi connectivity index (χ4v) is 1.61. The van der Waals surface area contributed by atoms with Gasteiger partial charge < -0.3 is 9.73 Å². The first-order chi connectivity index (χ1) is 7.66. The van der Waals surface area contributed by atoms with Crippen LogP contribution in [0.15, 0.2) is 33.8 Å². The van der Waals surface area contributed by atoms with Crippen molar-refractivity contribution in [2.24, 2.45) is 0 Å². The van der Waals surface area contributed by atoms with Gasteiger partial charge in [0.25, 0.3) is 5.91 Å². The van der Waals surface area contributed by atoms with E-state index in [1.165, 1.54) is 24.7 Å². The summed E-state index contributed by atoms with van der Waals surface area (Å²) in [5, 5.41) is 2.75. The Hall–Kier alpha value is -1.40. The molecule has 0 radical (unpaired) electrons. The van der Waals surface area contributed by atoms with E-state index in [0.717, 1.165) is 0 Å². The van der Waals surface area contributed by atoms with Gasteiger partial charge in [-0.25, -0.2) is 4.98 Å². The van der Waals surface area contributed by atoms with Crippen molar-refractivity contribution in [2.45, 2.75) is 0 Å². The Morgan fingerprint density at radius 1 is 1.50 bits per heavy atom. The third kappa shape index (κ3) is 2.40. The van der Waals surface area contributed by atoms with Crippen LogP contribution >= 0.6 is 27.5 Å². The predicted molar refractivity (Wildman–Crippen MR) is 61.4 cm³/mol. The molecule has 1 amide bonds. The van der Waals surface area contributed by atoms with Crippen LogP contribution in [-0.4, -0.2) is 15.9 Å². The van der Waals surface area contributed by atoms with Crippen molar-refractivity contribution < 1.29 is 9.21 Å². The van der Waals surface area contributed by atoms with Crippen molar-refractivity contribution in [1.29, 1.82) is 0 Å². The van der Waals surface area contributed by atoms with Crippen molar-refractivity contribution in [3.05, 3.63) is 40.1 Å². The standard InChI is InChI=1S/C9H5BrClN3O2/c10-8-5(1-2-16-8)9(15)14-7-4-12-3-6(11)13-7/h1-4H,(H,13,14,15). The lowest BCUT2D eigenvalue weighted by Crippen LogP contribution is -2.12. The van der Waals surface area contributed by atoms with Gasteiger partial charge in [0.05, 0.1) is 24.2 Å². The summed E-state index contributed by atoms with van der Waals surface area (Å²) in [6.45, 7) is 0. The molecule has 2 aromatic heterocycles. The van der Waals surface area contributed by atoms with Crippen molar-refractivity contribution in [3.8, 4) is 0 Å². The summed E-state index contributed by atoms with van der Waals surface area (Å²) in [5.74, 6) is -0.0669. The van der Waals surface area contributed by atoms with Crippen molar-refractivity contribution in [1.82, 2.24) is 9.97 Å². The second-order valence-electron chi connectivity index (χ2n) is 2.79. The number of nitrogens with one attached hydrogen (secondary N) is 1. The van der Waals surface area contributed by atoms with Crippen LogP contribution in [0.2, 0.25) is 5.15 Å². The summed E-state index contributed by atoms with van der Waals surface area (Å²) >= 11 is 8.74. The van der Waals surface area contributed by atoms with Crippen LogP contribution in [0.4, 0.5) is 5.82 Å². The molecule has 0 saturated heterocycles. The molecular formula is C9H5BrClN3O2. The zero-order valence-electron chi connectivity index (χ0n) is 7.78. The SMILES string of the molecule is O=C(Nc1cncc(Cl)n1)c1ccoc1Br. The fourth-order valence-electron chi connectivity index (χ4n) is 1.04. The first-order valence-corrected chi connectivity index (χ1v) is 5.36. The molecule has 0 bridgehead atoms. The van der Waals surface area contributed by atoms with E-state index >= 15 is 0 Å². The molecule has 16 heavy (non-hydrogen) atoms. The summed E-state index contributed by atoms with van der Waals surface area (Å²) in [4.78, 5) is 19.4. The second kappa shape index (κ2) is 4.63. The van der Waals surface area contributed by atoms with E-state index in [0.29, 0.717) is 10.2 Å². The van der Waals surface area contributed by atoms with Crippen LogP contribution in [0, 0.1) is 0 Å². The summed E-state index contributed by atoms with van der Waals surface area (Å²) in [6.07, 6.45) is 4.19. The number of hydrogen-bond donors (Lipinski definition) is 1. The lowest BCUT2D eigenvalue weighted by Gasteiger charge is -2.02. The van der Waals surface area contributed by atoms with Crippen molar-refractivity contribution in [2.75, 3.05) is 5.32 Å². The molecule has 5 nitrogen and oxygen atoms in total. The maximum atomic E-state index is 11.7. The van der Waals surface area contributed by atoms with Gasteiger partial charge >= 0.3 is 0 Å². The van der Waals surface area contributed by atoms with Crippen molar-refractivity contribution in [3.63, 3.8) is 0 Å². The molecule has 0 spiro atoms. The van der Waals surface area contributed by atoms with Gasteiger partial charge in [-0.2, -0.15) is 0 Å². The predicted octanol–water partition coefficient (Wildman–Crippen LogP) is 2.74. The van der Waals surface area contributed by atoms with E-state index in [1.807, 2.05) is 0 Å². The first-order valence-electron chi connectivity index (χ1n) is 4.18. The van der Waals surface area contributed by atoms with Gasteiger partial charge in [0.2, 0.25) is 0 Å². The van der Waals surface area contributed by atoms with Gasteiger partial charge in [-0.05, 0) is 22.0 Å². The number of carbonyl (C=O) groups excluding carboxylic acids is 1. The topological polar surface area (TPSA) is 68.0 Å². The summed E-state index contributed by atoms with van der Waals surface area (Å²) < 4.78 is 5.30. The number of carbonyl (C=O) groups is 1. The molecular weight excluding hydrogens is 297 g/mol. The second-order valence-corrected chi connectivity index (χ2v) is 3.90. The van der Waals surface area contributed by atoms with Crippen LogP contribution in [-0.2, 0) is 0 Å². The van der Waals surface area contributed by atoms with Gasteiger partial charge in [-0.1, -0.05) is 11.6 Å². The largest absolute Gasteiger partial charge is 0.457 e. The maximum Gasteiger partial charge on any atom is 0.261 e. The Balaban J connectivity index is 2.17. The molecule has 0 saturated carbocycles. The van der Waals surface area contributed by atoms with Gasteiger partial charge in [0.15, 0.2) is 10.5 Å². The molecule has 0 atom stereocenters. The van der Waals surface area contributed by atoms with Gasteiger partial charge in [0.1, 0.15) is 5.15 Å². The fraction of sp³-hybridized carbons (Fsp3) is 0. The molecule has 0 aromatic carbocycles. The monoisotopic (exact) mass is 301 g/mol. The third-order valence-electron chi connectivity index (χ3n) is 1.71. The minimum Gasteiger partial charge on any atom is -0.457 e. The summed E-state index contributed by atoms with van der Waals surface area (Å²) in [5.41, 5.74) is 0.377. The van der Waals surface area contributed by atoms with E-state index in [1.54, 1.807) is 0 Å². The van der Waals surface area contributed by atoms with E-state index in [9.17, 15) is 4.79 Å². The highest BCUT2D eigenvalue weighted by atomic mass is 79.9. The number of nitrogens with zero attached hydrogens (tertiary/aromatic N) is 2. The minimum absolute atomic E-state index is 0.212. The minimum atomic E-state index is -0.350. The zero-order valence-corrected chi connectivity index (χ0v) is 10.1. The Morgan fingerprint density at radius 3 is 2.94 bits per heavy atom.